The van der Waals surface area contributed by atoms with Gasteiger partial charge in [0.2, 0.25) is 0 Å². The molecule has 3 heteroatoms. The van der Waals surface area contributed by atoms with Crippen molar-refractivity contribution in [3.63, 3.8) is 0 Å². The Kier molecular flexibility index (Phi) is 2.55. The van der Waals surface area contributed by atoms with E-state index in [4.69, 9.17) is 0 Å². The molecule has 0 bridgehead atoms. The van der Waals surface area contributed by atoms with E-state index < -0.39 is 0 Å². The second-order valence-electron chi connectivity index (χ2n) is 3.22. The van der Waals surface area contributed by atoms with Gasteiger partial charge in [-0.15, -0.1) is 0 Å². The largest absolute Gasteiger partial charge is 0.367 e. The van der Waals surface area contributed by atoms with Crippen LogP contribution in [0.15, 0.2) is 30.7 Å². The molecule has 1 aliphatic carbocycles. The highest BCUT2D eigenvalue weighted by Crippen LogP contribution is 2.14. The molecular formula is C10H13N3. The van der Waals surface area contributed by atoms with Gasteiger partial charge in [-0.3, -0.25) is 0 Å². The molecule has 3 nitrogen and oxygen atoms in total. The summed E-state index contributed by atoms with van der Waals surface area (Å²) in [5.41, 5.74) is 0. The van der Waals surface area contributed by atoms with Gasteiger partial charge in [0.25, 0.3) is 0 Å². The summed E-state index contributed by atoms with van der Waals surface area (Å²) in [5.74, 6) is 0.926. The maximum absolute atomic E-state index is 4.13. The summed E-state index contributed by atoms with van der Waals surface area (Å²) in [6.07, 6.45) is 11.3. The summed E-state index contributed by atoms with van der Waals surface area (Å²) in [6, 6.07) is 2.44. The summed E-state index contributed by atoms with van der Waals surface area (Å²) < 4.78 is 0. The molecule has 1 aromatic rings. The third kappa shape index (κ3) is 2.28. The van der Waals surface area contributed by atoms with Gasteiger partial charge in [-0.1, -0.05) is 12.2 Å². The fourth-order valence-corrected chi connectivity index (χ4v) is 1.51. The molecule has 0 radical (unpaired) electrons. The Morgan fingerprint density at radius 2 is 2.38 bits per heavy atom. The van der Waals surface area contributed by atoms with E-state index in [1.54, 1.807) is 12.5 Å². The first-order valence-electron chi connectivity index (χ1n) is 4.63. The van der Waals surface area contributed by atoms with Crippen molar-refractivity contribution in [2.75, 3.05) is 5.32 Å². The number of hydrogen-bond acceptors (Lipinski definition) is 3. The average Bonchev–Trinajstić information content (AvgIpc) is 2.21. The Morgan fingerprint density at radius 1 is 1.38 bits per heavy atom. The van der Waals surface area contributed by atoms with E-state index in [9.17, 15) is 0 Å². The predicted octanol–water partition coefficient (Wildman–Crippen LogP) is 2.00. The molecule has 0 spiro atoms. The number of nitrogens with one attached hydrogen (secondary N) is 1. The second kappa shape index (κ2) is 4.03. The van der Waals surface area contributed by atoms with E-state index in [0.717, 1.165) is 12.2 Å². The van der Waals surface area contributed by atoms with Crippen molar-refractivity contribution >= 4 is 5.82 Å². The van der Waals surface area contributed by atoms with Crippen LogP contribution in [0.1, 0.15) is 19.3 Å². The molecule has 13 heavy (non-hydrogen) atoms. The molecule has 1 unspecified atom stereocenters. The second-order valence-corrected chi connectivity index (χ2v) is 3.22. The summed E-state index contributed by atoms with van der Waals surface area (Å²) in [6.45, 7) is 0. The number of aromatic nitrogens is 2. The normalized spacial score (nSPS) is 21.4. The van der Waals surface area contributed by atoms with Crippen LogP contribution in [0, 0.1) is 0 Å². The molecule has 68 valence electrons. The minimum absolute atomic E-state index is 0.542. The summed E-state index contributed by atoms with van der Waals surface area (Å²) in [5, 5.41) is 3.38. The van der Waals surface area contributed by atoms with Gasteiger partial charge in [0, 0.05) is 12.2 Å². The van der Waals surface area contributed by atoms with Gasteiger partial charge in [0.1, 0.15) is 12.1 Å². The molecule has 1 aliphatic rings. The highest BCUT2D eigenvalue weighted by molar-refractivity contribution is 5.33. The highest BCUT2D eigenvalue weighted by Gasteiger charge is 2.08. The lowest BCUT2D eigenvalue weighted by molar-refractivity contribution is 0.642. The number of hydrogen-bond donors (Lipinski definition) is 1. The molecule has 1 heterocycles. The fourth-order valence-electron chi connectivity index (χ4n) is 1.51. The lowest BCUT2D eigenvalue weighted by Gasteiger charge is -2.19. The van der Waals surface area contributed by atoms with Crippen LogP contribution < -0.4 is 5.32 Å². The van der Waals surface area contributed by atoms with Crippen molar-refractivity contribution in [3.05, 3.63) is 30.7 Å². The SMILES string of the molecule is C1=CCC(Nc2ccncn2)CC1. The first-order chi connectivity index (χ1) is 6.45. The zero-order valence-corrected chi connectivity index (χ0v) is 7.48. The van der Waals surface area contributed by atoms with E-state index in [0.29, 0.717) is 6.04 Å². The number of rotatable bonds is 2. The van der Waals surface area contributed by atoms with E-state index in [-0.39, 0.29) is 0 Å². The lowest BCUT2D eigenvalue weighted by atomic mass is 10.0. The van der Waals surface area contributed by atoms with Crippen LogP contribution in [0.25, 0.3) is 0 Å². The van der Waals surface area contributed by atoms with Gasteiger partial charge in [0.15, 0.2) is 0 Å². The Morgan fingerprint density at radius 3 is 3.08 bits per heavy atom. The highest BCUT2D eigenvalue weighted by atomic mass is 15.0. The molecule has 1 atom stereocenters. The first kappa shape index (κ1) is 8.23. The predicted molar refractivity (Wildman–Crippen MR) is 52.4 cm³/mol. The van der Waals surface area contributed by atoms with Crippen LogP contribution in [0.2, 0.25) is 0 Å². The Labute approximate surface area is 77.9 Å². The summed E-state index contributed by atoms with van der Waals surface area (Å²) in [4.78, 5) is 8.00. The Hall–Kier alpha value is -1.38. The molecule has 0 amide bonds. The van der Waals surface area contributed by atoms with Crippen LogP contribution in [-0.4, -0.2) is 16.0 Å². The van der Waals surface area contributed by atoms with Crippen molar-refractivity contribution in [3.8, 4) is 0 Å². The van der Waals surface area contributed by atoms with E-state index >= 15 is 0 Å². The van der Waals surface area contributed by atoms with Crippen LogP contribution >= 0.6 is 0 Å². The lowest BCUT2D eigenvalue weighted by Crippen LogP contribution is -2.20. The number of allylic oxidation sites excluding steroid dienone is 1. The topological polar surface area (TPSA) is 37.8 Å². The minimum Gasteiger partial charge on any atom is -0.367 e. The van der Waals surface area contributed by atoms with Crippen LogP contribution in [-0.2, 0) is 0 Å². The van der Waals surface area contributed by atoms with Gasteiger partial charge in [0.05, 0.1) is 0 Å². The third-order valence-electron chi connectivity index (χ3n) is 2.20. The Bertz CT molecular complexity index is 281. The molecule has 1 aromatic heterocycles. The van der Waals surface area contributed by atoms with Crippen molar-refractivity contribution < 1.29 is 0 Å². The van der Waals surface area contributed by atoms with Crippen molar-refractivity contribution in [1.29, 1.82) is 0 Å². The summed E-state index contributed by atoms with van der Waals surface area (Å²) >= 11 is 0. The smallest absolute Gasteiger partial charge is 0.129 e. The maximum Gasteiger partial charge on any atom is 0.129 e. The Balaban J connectivity index is 1.94. The quantitative estimate of drug-likeness (QED) is 0.698. The molecule has 1 N–H and O–H groups in total. The molecular weight excluding hydrogens is 162 g/mol. The maximum atomic E-state index is 4.13. The van der Waals surface area contributed by atoms with Gasteiger partial charge >= 0.3 is 0 Å². The molecule has 2 rings (SSSR count). The molecule has 0 fully saturated rings. The number of nitrogens with zero attached hydrogens (tertiary/aromatic N) is 2. The molecule has 0 saturated carbocycles. The van der Waals surface area contributed by atoms with Crippen molar-refractivity contribution in [2.45, 2.75) is 25.3 Å². The van der Waals surface area contributed by atoms with Gasteiger partial charge < -0.3 is 5.32 Å². The first-order valence-corrected chi connectivity index (χ1v) is 4.63. The zero-order chi connectivity index (χ0) is 8.93. The molecule has 0 aliphatic heterocycles. The van der Waals surface area contributed by atoms with Crippen molar-refractivity contribution in [1.82, 2.24) is 9.97 Å². The monoisotopic (exact) mass is 175 g/mol. The van der Waals surface area contributed by atoms with Gasteiger partial charge in [-0.25, -0.2) is 9.97 Å². The van der Waals surface area contributed by atoms with Gasteiger partial charge in [-0.2, -0.15) is 0 Å². The fraction of sp³-hybridized carbons (Fsp3) is 0.400. The van der Waals surface area contributed by atoms with Crippen molar-refractivity contribution in [2.24, 2.45) is 0 Å². The van der Waals surface area contributed by atoms with E-state index in [1.807, 2.05) is 6.07 Å². The minimum atomic E-state index is 0.542. The van der Waals surface area contributed by atoms with Crippen LogP contribution in [0.3, 0.4) is 0 Å². The molecule has 0 saturated heterocycles. The molecule has 0 aromatic carbocycles. The van der Waals surface area contributed by atoms with Crippen LogP contribution in [0.5, 0.6) is 0 Å². The van der Waals surface area contributed by atoms with Crippen LogP contribution in [0.4, 0.5) is 5.82 Å². The third-order valence-corrected chi connectivity index (χ3v) is 2.20. The van der Waals surface area contributed by atoms with Gasteiger partial charge in [-0.05, 0) is 25.3 Å². The summed E-state index contributed by atoms with van der Waals surface area (Å²) in [7, 11) is 0. The average molecular weight is 175 g/mol. The van der Waals surface area contributed by atoms with E-state index in [1.165, 1.54) is 12.8 Å². The zero-order valence-electron chi connectivity index (χ0n) is 7.48. The van der Waals surface area contributed by atoms with E-state index in [2.05, 4.69) is 27.4 Å². The number of anilines is 1. The standard InChI is InChI=1S/C10H13N3/c1-2-4-9(5-3-1)13-10-6-7-11-8-12-10/h1-2,6-9H,3-5H2,(H,11,12,13).